The van der Waals surface area contributed by atoms with Crippen LogP contribution in [0.5, 0.6) is 0 Å². The summed E-state index contributed by atoms with van der Waals surface area (Å²) in [5.41, 5.74) is 4.12. The predicted octanol–water partition coefficient (Wildman–Crippen LogP) is 3.91. The minimum Gasteiger partial charge on any atom is -0.371 e. The van der Waals surface area contributed by atoms with Crippen LogP contribution in [0.25, 0.3) is 0 Å². The lowest BCUT2D eigenvalue weighted by Gasteiger charge is -2.53. The van der Waals surface area contributed by atoms with Crippen LogP contribution in [0.2, 0.25) is 0 Å². The molecule has 2 aromatic rings. The number of carbonyl (C=O) groups excluding carboxylic acids is 1. The second kappa shape index (κ2) is 11.7. The maximum atomic E-state index is 12.5. The van der Waals surface area contributed by atoms with E-state index in [1.54, 1.807) is 19.2 Å². The summed E-state index contributed by atoms with van der Waals surface area (Å²) < 4.78 is 25.1. The van der Waals surface area contributed by atoms with E-state index < -0.39 is 9.84 Å². The zero-order valence-corrected chi connectivity index (χ0v) is 26.2. The molecule has 0 radical (unpaired) electrons. The molecule has 9 heteroatoms. The highest BCUT2D eigenvalue weighted by Crippen LogP contribution is 2.52. The van der Waals surface area contributed by atoms with Gasteiger partial charge in [-0.05, 0) is 98.8 Å². The Bertz CT molecular complexity index is 1410. The molecule has 232 valence electrons. The average molecular weight is 606 g/mol. The van der Waals surface area contributed by atoms with E-state index in [9.17, 15) is 13.2 Å². The van der Waals surface area contributed by atoms with Gasteiger partial charge in [-0.2, -0.15) is 0 Å². The van der Waals surface area contributed by atoms with Crippen molar-refractivity contribution in [1.29, 1.82) is 0 Å². The number of hydrogen-bond acceptors (Lipinski definition) is 6. The first-order valence-corrected chi connectivity index (χ1v) is 18.0. The minimum absolute atomic E-state index is 0.0372. The third-order valence-electron chi connectivity index (χ3n) is 11.3. The largest absolute Gasteiger partial charge is 0.371 e. The third kappa shape index (κ3) is 5.46. The van der Waals surface area contributed by atoms with E-state index in [-0.39, 0.29) is 22.7 Å². The summed E-state index contributed by atoms with van der Waals surface area (Å²) in [5.74, 6) is 1.66. The van der Waals surface area contributed by atoms with Crippen LogP contribution in [-0.2, 0) is 21.8 Å². The van der Waals surface area contributed by atoms with Gasteiger partial charge in [-0.15, -0.1) is 0 Å². The molecule has 0 aromatic heterocycles. The lowest BCUT2D eigenvalue weighted by atomic mass is 9.56. The summed E-state index contributed by atoms with van der Waals surface area (Å²) >= 11 is 0. The molecule has 43 heavy (non-hydrogen) atoms. The quantitative estimate of drug-likeness (QED) is 0.423. The maximum Gasteiger partial charge on any atom is 0.314 e. The highest BCUT2D eigenvalue weighted by atomic mass is 32.2. The van der Waals surface area contributed by atoms with E-state index >= 15 is 0 Å². The standard InChI is InChI=1S/C34H47N5O3S/c1-35-33(40)37-32-8-4-7-31(32)34(23-36-19-25-5-2-3-6-30(25)34)26-15-17-38(18-16-26)20-24-21-39(22-24)27-9-11-28(12-10-27)43(41,42)29-13-14-29/h2-3,5-6,9-12,24,26,29,31-32,36H,4,7-8,13-23H2,1H3,(H2,35,37,40)/t31-,32-,34?/m0/s1. The smallest absolute Gasteiger partial charge is 0.314 e. The van der Waals surface area contributed by atoms with Crippen LogP contribution in [0.3, 0.4) is 0 Å². The summed E-state index contributed by atoms with van der Waals surface area (Å²) in [5, 5.41) is 9.78. The number of nitrogens with one attached hydrogen (secondary N) is 3. The molecule has 8 nitrogen and oxygen atoms in total. The molecule has 3 atom stereocenters. The Labute approximate surface area is 256 Å². The van der Waals surface area contributed by atoms with Crippen molar-refractivity contribution in [2.75, 3.05) is 51.2 Å². The SMILES string of the molecule is CNC(=O)N[C@H]1CCC[C@@H]1C1(C2CCN(CC3CN(c4ccc(S(=O)(=O)C5CC5)cc4)C3)CC2)CNCc2ccccc21. The molecule has 1 unspecified atom stereocenters. The van der Waals surface area contributed by atoms with E-state index in [2.05, 4.69) is 50.0 Å². The van der Waals surface area contributed by atoms with Crippen LogP contribution in [0.4, 0.5) is 10.5 Å². The molecule has 3 heterocycles. The lowest BCUT2D eigenvalue weighted by Crippen LogP contribution is -2.60. The van der Waals surface area contributed by atoms with Gasteiger partial charge < -0.3 is 25.8 Å². The van der Waals surface area contributed by atoms with E-state index in [0.717, 1.165) is 77.2 Å². The van der Waals surface area contributed by atoms with Gasteiger partial charge in [0.1, 0.15) is 0 Å². The fourth-order valence-corrected chi connectivity index (χ4v) is 10.6. The normalized spacial score (nSPS) is 28.7. The molecule has 2 aliphatic carbocycles. The fourth-order valence-electron chi connectivity index (χ4n) is 8.92. The topological polar surface area (TPSA) is 93.8 Å². The lowest BCUT2D eigenvalue weighted by molar-refractivity contribution is 0.0628. The Morgan fingerprint density at radius 1 is 0.977 bits per heavy atom. The second-order valence-corrected chi connectivity index (χ2v) is 16.0. The van der Waals surface area contributed by atoms with Crippen LogP contribution in [0.1, 0.15) is 56.1 Å². The van der Waals surface area contributed by atoms with Crippen molar-refractivity contribution >= 4 is 21.6 Å². The minimum atomic E-state index is -3.13. The number of likely N-dealkylation sites (tertiary alicyclic amines) is 1. The van der Waals surface area contributed by atoms with Gasteiger partial charge >= 0.3 is 6.03 Å². The van der Waals surface area contributed by atoms with Crippen LogP contribution in [0.15, 0.2) is 53.4 Å². The van der Waals surface area contributed by atoms with Gasteiger partial charge in [-0.1, -0.05) is 30.7 Å². The van der Waals surface area contributed by atoms with Gasteiger partial charge in [0, 0.05) is 62.8 Å². The highest BCUT2D eigenvalue weighted by molar-refractivity contribution is 7.92. The van der Waals surface area contributed by atoms with Gasteiger partial charge in [-0.25, -0.2) is 13.2 Å². The number of urea groups is 1. The van der Waals surface area contributed by atoms with Crippen molar-refractivity contribution in [2.24, 2.45) is 17.8 Å². The first-order chi connectivity index (χ1) is 20.9. The molecular formula is C34H47N5O3S. The van der Waals surface area contributed by atoms with Crippen LogP contribution < -0.4 is 20.9 Å². The molecule has 0 spiro atoms. The molecule has 2 saturated carbocycles. The van der Waals surface area contributed by atoms with Crippen molar-refractivity contribution < 1.29 is 13.2 Å². The maximum absolute atomic E-state index is 12.5. The molecule has 2 amide bonds. The number of rotatable bonds is 8. The molecule has 4 fully saturated rings. The van der Waals surface area contributed by atoms with E-state index in [0.29, 0.717) is 22.6 Å². The number of anilines is 1. The monoisotopic (exact) mass is 605 g/mol. The fraction of sp³-hybridized carbons (Fsp3) is 0.618. The number of piperidine rings is 1. The zero-order chi connectivity index (χ0) is 29.6. The summed E-state index contributed by atoms with van der Waals surface area (Å²) in [6.07, 6.45) is 7.36. The molecule has 3 aliphatic heterocycles. The van der Waals surface area contributed by atoms with Crippen LogP contribution >= 0.6 is 0 Å². The number of sulfone groups is 1. The number of nitrogens with zero attached hydrogens (tertiary/aromatic N) is 2. The van der Waals surface area contributed by atoms with Crippen molar-refractivity contribution in [2.45, 2.75) is 73.1 Å². The molecule has 2 saturated heterocycles. The molecule has 2 aromatic carbocycles. The summed E-state index contributed by atoms with van der Waals surface area (Å²) in [7, 11) is -1.42. The van der Waals surface area contributed by atoms with E-state index in [1.807, 2.05) is 12.1 Å². The Balaban J connectivity index is 0.992. The van der Waals surface area contributed by atoms with Gasteiger partial charge in [0.2, 0.25) is 0 Å². The number of amides is 2. The van der Waals surface area contributed by atoms with Gasteiger partial charge in [0.15, 0.2) is 9.84 Å². The van der Waals surface area contributed by atoms with Crippen molar-refractivity contribution in [3.63, 3.8) is 0 Å². The molecule has 0 bridgehead atoms. The highest BCUT2D eigenvalue weighted by Gasteiger charge is 2.53. The van der Waals surface area contributed by atoms with Gasteiger partial charge in [0.05, 0.1) is 10.1 Å². The Morgan fingerprint density at radius 3 is 2.44 bits per heavy atom. The zero-order valence-electron chi connectivity index (χ0n) is 25.4. The molecular weight excluding hydrogens is 558 g/mol. The summed E-state index contributed by atoms with van der Waals surface area (Å²) in [6, 6.07) is 16.8. The van der Waals surface area contributed by atoms with E-state index in [4.69, 9.17) is 0 Å². The van der Waals surface area contributed by atoms with E-state index in [1.165, 1.54) is 30.4 Å². The average Bonchev–Trinajstić information content (AvgIpc) is 3.79. The van der Waals surface area contributed by atoms with Crippen molar-refractivity contribution in [3.8, 4) is 0 Å². The first kappa shape index (κ1) is 29.1. The Morgan fingerprint density at radius 2 is 1.72 bits per heavy atom. The van der Waals surface area contributed by atoms with Gasteiger partial charge in [-0.3, -0.25) is 0 Å². The Kier molecular flexibility index (Phi) is 7.93. The van der Waals surface area contributed by atoms with Crippen LogP contribution in [-0.4, -0.2) is 77.0 Å². The molecule has 7 rings (SSSR count). The second-order valence-electron chi connectivity index (χ2n) is 13.8. The van der Waals surface area contributed by atoms with Crippen molar-refractivity contribution in [3.05, 3.63) is 59.7 Å². The number of hydrogen-bond donors (Lipinski definition) is 3. The van der Waals surface area contributed by atoms with Gasteiger partial charge in [0.25, 0.3) is 0 Å². The van der Waals surface area contributed by atoms with Crippen LogP contribution in [0, 0.1) is 17.8 Å². The summed E-state index contributed by atoms with van der Waals surface area (Å²) in [6.45, 7) is 7.36. The number of benzene rings is 2. The van der Waals surface area contributed by atoms with Crippen molar-refractivity contribution in [1.82, 2.24) is 20.9 Å². The molecule has 3 N–H and O–H groups in total. The molecule has 5 aliphatic rings. The predicted molar refractivity (Wildman–Crippen MR) is 170 cm³/mol. The Hall–Kier alpha value is -2.62. The number of fused-ring (bicyclic) bond motifs is 1. The third-order valence-corrected chi connectivity index (χ3v) is 13.5. The first-order valence-electron chi connectivity index (χ1n) is 16.5. The number of carbonyl (C=O) groups is 1. The summed E-state index contributed by atoms with van der Waals surface area (Å²) in [4.78, 5) is 18.0.